The molecule has 6 heteroatoms. The number of rotatable bonds is 4. The summed E-state index contributed by atoms with van der Waals surface area (Å²) in [6.07, 6.45) is 1.65. The summed E-state index contributed by atoms with van der Waals surface area (Å²) in [5, 5.41) is 5.96. The summed E-state index contributed by atoms with van der Waals surface area (Å²) in [5.41, 5.74) is 3.91. The van der Waals surface area contributed by atoms with E-state index in [1.807, 2.05) is 23.6 Å². The minimum atomic E-state index is -0.187. The van der Waals surface area contributed by atoms with E-state index < -0.39 is 0 Å². The molecule has 1 amide bonds. The highest BCUT2D eigenvalue weighted by Gasteiger charge is 2.14. The Morgan fingerprint density at radius 3 is 2.53 bits per heavy atom. The Morgan fingerprint density at radius 1 is 1.07 bits per heavy atom. The summed E-state index contributed by atoms with van der Waals surface area (Å²) < 4.78 is 1.77. The second-order valence-corrected chi connectivity index (χ2v) is 9.10. The third kappa shape index (κ3) is 4.19. The molecule has 5 nitrogen and oxygen atoms in total. The van der Waals surface area contributed by atoms with Crippen molar-refractivity contribution in [2.45, 2.75) is 32.7 Å². The van der Waals surface area contributed by atoms with Crippen LogP contribution < -0.4 is 10.7 Å². The molecule has 152 valence electrons. The lowest BCUT2D eigenvalue weighted by atomic mass is 9.86. The zero-order chi connectivity index (χ0) is 21.3. The van der Waals surface area contributed by atoms with Gasteiger partial charge in [-0.1, -0.05) is 57.2 Å². The summed E-state index contributed by atoms with van der Waals surface area (Å²) in [6.45, 7) is 6.66. The van der Waals surface area contributed by atoms with Crippen LogP contribution in [0.15, 0.2) is 71.0 Å². The van der Waals surface area contributed by atoms with Crippen molar-refractivity contribution in [1.82, 2.24) is 9.55 Å². The average Bonchev–Trinajstić information content (AvgIpc) is 3.18. The van der Waals surface area contributed by atoms with Gasteiger partial charge in [0, 0.05) is 28.6 Å². The Bertz CT molecular complexity index is 1260. The van der Waals surface area contributed by atoms with Crippen molar-refractivity contribution in [3.8, 4) is 11.3 Å². The number of nitrogens with zero attached hydrogens (tertiary/aromatic N) is 2. The van der Waals surface area contributed by atoms with Gasteiger partial charge in [0.2, 0.25) is 5.91 Å². The van der Waals surface area contributed by atoms with Gasteiger partial charge in [-0.15, -0.1) is 11.3 Å². The predicted molar refractivity (Wildman–Crippen MR) is 123 cm³/mol. The number of para-hydroxylation sites is 1. The maximum atomic E-state index is 12.6. The van der Waals surface area contributed by atoms with E-state index in [1.54, 1.807) is 16.8 Å². The number of carbonyl (C=O) groups excluding carboxylic acids is 1. The third-order valence-corrected chi connectivity index (χ3v) is 5.75. The number of carbonyl (C=O) groups is 1. The van der Waals surface area contributed by atoms with E-state index in [4.69, 9.17) is 0 Å². The number of nitrogens with one attached hydrogen (secondary N) is 1. The fourth-order valence-electron chi connectivity index (χ4n) is 3.32. The van der Waals surface area contributed by atoms with E-state index in [2.05, 4.69) is 55.3 Å². The molecule has 2 heterocycles. The number of hydrogen-bond acceptors (Lipinski definition) is 4. The normalized spacial score (nSPS) is 11.6. The maximum Gasteiger partial charge on any atom is 0.246 e. The van der Waals surface area contributed by atoms with Crippen LogP contribution in [0, 0.1) is 0 Å². The molecule has 4 rings (SSSR count). The van der Waals surface area contributed by atoms with E-state index in [1.165, 1.54) is 23.0 Å². The van der Waals surface area contributed by atoms with Gasteiger partial charge in [0.25, 0.3) is 0 Å². The number of hydrogen-bond donors (Lipinski definition) is 1. The van der Waals surface area contributed by atoms with Crippen molar-refractivity contribution in [1.29, 1.82) is 0 Å². The van der Waals surface area contributed by atoms with Crippen molar-refractivity contribution in [2.24, 2.45) is 0 Å². The third-order valence-electron chi connectivity index (χ3n) is 5.00. The Balaban J connectivity index is 1.49. The second kappa shape index (κ2) is 7.88. The number of thiazole rings is 1. The molecule has 0 saturated carbocycles. The van der Waals surface area contributed by atoms with Gasteiger partial charge < -0.3 is 9.88 Å². The summed E-state index contributed by atoms with van der Waals surface area (Å²) in [4.78, 5) is 29.1. The van der Waals surface area contributed by atoms with Crippen LogP contribution in [0.4, 0.5) is 5.13 Å². The van der Waals surface area contributed by atoms with Gasteiger partial charge in [-0.05, 0) is 23.1 Å². The van der Waals surface area contributed by atoms with Crippen LogP contribution in [0.3, 0.4) is 0 Å². The van der Waals surface area contributed by atoms with Crippen LogP contribution in [0.1, 0.15) is 26.3 Å². The van der Waals surface area contributed by atoms with Crippen molar-refractivity contribution in [2.75, 3.05) is 5.32 Å². The Kier molecular flexibility index (Phi) is 5.26. The van der Waals surface area contributed by atoms with Crippen LogP contribution >= 0.6 is 11.3 Å². The molecule has 0 spiro atoms. The van der Waals surface area contributed by atoms with Crippen molar-refractivity contribution >= 4 is 33.3 Å². The topological polar surface area (TPSA) is 64.0 Å². The van der Waals surface area contributed by atoms with E-state index in [9.17, 15) is 9.59 Å². The number of aromatic nitrogens is 2. The number of fused-ring (bicyclic) bond motifs is 1. The SMILES string of the molecule is CC(C)(C)c1ccc(-c2csc(NC(=O)Cn3ccc(=O)c4ccccc43)n2)cc1. The monoisotopic (exact) mass is 417 g/mol. The number of pyridine rings is 1. The first-order valence-electron chi connectivity index (χ1n) is 9.76. The minimum Gasteiger partial charge on any atom is -0.338 e. The van der Waals surface area contributed by atoms with Gasteiger partial charge in [-0.25, -0.2) is 4.98 Å². The van der Waals surface area contributed by atoms with E-state index in [0.29, 0.717) is 10.5 Å². The van der Waals surface area contributed by atoms with E-state index >= 15 is 0 Å². The van der Waals surface area contributed by atoms with Crippen LogP contribution in [-0.4, -0.2) is 15.5 Å². The van der Waals surface area contributed by atoms with Crippen LogP contribution in [0.25, 0.3) is 22.2 Å². The van der Waals surface area contributed by atoms with Gasteiger partial charge in [0.15, 0.2) is 10.6 Å². The first-order chi connectivity index (χ1) is 14.3. The lowest BCUT2D eigenvalue weighted by Crippen LogP contribution is -2.20. The van der Waals surface area contributed by atoms with E-state index in [-0.39, 0.29) is 23.3 Å². The average molecular weight is 418 g/mol. The fraction of sp³-hybridized carbons (Fsp3) is 0.208. The molecule has 2 aromatic heterocycles. The zero-order valence-electron chi connectivity index (χ0n) is 17.2. The molecular formula is C24H23N3O2S. The molecule has 0 fully saturated rings. The molecule has 4 aromatic rings. The standard InChI is InChI=1S/C24H23N3O2S/c1-24(2,3)17-10-8-16(9-11-17)19-15-30-23(25-19)26-22(29)14-27-13-12-21(28)18-6-4-5-7-20(18)27/h4-13,15H,14H2,1-3H3,(H,25,26,29). The molecule has 2 aromatic carbocycles. The number of amides is 1. The largest absolute Gasteiger partial charge is 0.338 e. The second-order valence-electron chi connectivity index (χ2n) is 8.24. The summed E-state index contributed by atoms with van der Waals surface area (Å²) in [5.74, 6) is -0.187. The quantitative estimate of drug-likeness (QED) is 0.505. The molecule has 0 saturated heterocycles. The summed E-state index contributed by atoms with van der Waals surface area (Å²) in [7, 11) is 0. The molecule has 30 heavy (non-hydrogen) atoms. The van der Waals surface area contributed by atoms with Gasteiger partial charge in [-0.2, -0.15) is 0 Å². The molecular weight excluding hydrogens is 394 g/mol. The Morgan fingerprint density at radius 2 is 1.80 bits per heavy atom. The van der Waals surface area contributed by atoms with Gasteiger partial charge in [0.05, 0.1) is 11.2 Å². The molecule has 0 radical (unpaired) electrons. The van der Waals surface area contributed by atoms with Crippen molar-refractivity contribution in [3.05, 3.63) is 82.0 Å². The molecule has 0 unspecified atom stereocenters. The predicted octanol–water partition coefficient (Wildman–Crippen LogP) is 5.06. The van der Waals surface area contributed by atoms with Crippen LogP contribution in [0.2, 0.25) is 0 Å². The first-order valence-corrected chi connectivity index (χ1v) is 10.6. The van der Waals surface area contributed by atoms with Gasteiger partial charge >= 0.3 is 0 Å². The Labute approximate surface area is 179 Å². The molecule has 0 aliphatic heterocycles. The fourth-order valence-corrected chi connectivity index (χ4v) is 4.05. The van der Waals surface area contributed by atoms with Crippen LogP contribution in [0.5, 0.6) is 0 Å². The maximum absolute atomic E-state index is 12.6. The van der Waals surface area contributed by atoms with E-state index in [0.717, 1.165) is 16.8 Å². The molecule has 0 aliphatic carbocycles. The lowest BCUT2D eigenvalue weighted by Gasteiger charge is -2.18. The molecule has 1 N–H and O–H groups in total. The summed E-state index contributed by atoms with van der Waals surface area (Å²) >= 11 is 1.40. The zero-order valence-corrected chi connectivity index (χ0v) is 18.0. The highest BCUT2D eigenvalue weighted by atomic mass is 32.1. The van der Waals surface area contributed by atoms with Crippen molar-refractivity contribution in [3.63, 3.8) is 0 Å². The smallest absolute Gasteiger partial charge is 0.246 e. The molecule has 0 aliphatic rings. The number of anilines is 1. The Hall–Kier alpha value is -3.25. The number of benzene rings is 2. The molecule has 0 atom stereocenters. The lowest BCUT2D eigenvalue weighted by molar-refractivity contribution is -0.116. The van der Waals surface area contributed by atoms with Gasteiger partial charge in [0.1, 0.15) is 6.54 Å². The minimum absolute atomic E-state index is 0.0516. The highest BCUT2D eigenvalue weighted by Crippen LogP contribution is 2.28. The van der Waals surface area contributed by atoms with Crippen LogP contribution in [-0.2, 0) is 16.8 Å². The first kappa shape index (κ1) is 20.0. The molecule has 0 bridgehead atoms. The summed E-state index contributed by atoms with van der Waals surface area (Å²) in [6, 6.07) is 17.1. The van der Waals surface area contributed by atoms with Gasteiger partial charge in [-0.3, -0.25) is 9.59 Å². The van der Waals surface area contributed by atoms with Crippen molar-refractivity contribution < 1.29 is 4.79 Å². The highest BCUT2D eigenvalue weighted by molar-refractivity contribution is 7.14.